The van der Waals surface area contributed by atoms with Gasteiger partial charge in [0.1, 0.15) is 17.3 Å². The van der Waals surface area contributed by atoms with Crippen LogP contribution in [0.4, 0.5) is 10.1 Å². The first-order chi connectivity index (χ1) is 13.3. The van der Waals surface area contributed by atoms with Crippen LogP contribution in [0, 0.1) is 11.7 Å². The Labute approximate surface area is 162 Å². The van der Waals surface area contributed by atoms with Crippen LogP contribution in [0.1, 0.15) is 19.8 Å². The molecule has 0 radical (unpaired) electrons. The molecule has 1 N–H and O–H groups in total. The summed E-state index contributed by atoms with van der Waals surface area (Å²) < 4.78 is 41.0. The number of carbonyl (C=O) groups excluding carboxylic acids is 1. The molecule has 1 saturated heterocycles. The largest absolute Gasteiger partial charge is 0.325 e. The fourth-order valence-corrected chi connectivity index (χ4v) is 4.65. The van der Waals surface area contributed by atoms with E-state index >= 15 is 0 Å². The Kier molecular flexibility index (Phi) is 5.95. The van der Waals surface area contributed by atoms with Crippen LogP contribution in [0.15, 0.2) is 52.3 Å². The summed E-state index contributed by atoms with van der Waals surface area (Å²) in [6.07, 6.45) is 2.87. The van der Waals surface area contributed by atoms with Crippen molar-refractivity contribution in [1.29, 1.82) is 0 Å². The molecule has 2 aromatic rings. The summed E-state index contributed by atoms with van der Waals surface area (Å²) in [5.41, 5.74) is -0.360. The number of piperidine rings is 1. The lowest BCUT2D eigenvalue weighted by Gasteiger charge is -2.29. The number of amides is 1. The van der Waals surface area contributed by atoms with Gasteiger partial charge in [-0.3, -0.25) is 9.59 Å². The average Bonchev–Trinajstić information content (AvgIpc) is 2.65. The SMILES string of the molecule is CC1CCN(S(=O)(=O)c2cccn(CC(=O)Nc3ccc(F)cc3)c2=O)CC1. The van der Waals surface area contributed by atoms with Crippen LogP contribution in [-0.2, 0) is 21.4 Å². The highest BCUT2D eigenvalue weighted by Crippen LogP contribution is 2.21. The summed E-state index contributed by atoms with van der Waals surface area (Å²) in [7, 11) is -3.91. The molecule has 28 heavy (non-hydrogen) atoms. The molecule has 9 heteroatoms. The molecule has 150 valence electrons. The molecule has 2 heterocycles. The number of benzene rings is 1. The molecule has 3 rings (SSSR count). The predicted molar refractivity (Wildman–Crippen MR) is 103 cm³/mol. The lowest BCUT2D eigenvalue weighted by molar-refractivity contribution is -0.116. The quantitative estimate of drug-likeness (QED) is 0.822. The number of hydrogen-bond acceptors (Lipinski definition) is 4. The van der Waals surface area contributed by atoms with Crippen LogP contribution in [0.5, 0.6) is 0 Å². The van der Waals surface area contributed by atoms with Crippen molar-refractivity contribution in [3.8, 4) is 0 Å². The third kappa shape index (κ3) is 4.48. The number of pyridine rings is 1. The number of aromatic nitrogens is 1. The van der Waals surface area contributed by atoms with Crippen LogP contribution in [0.25, 0.3) is 0 Å². The van der Waals surface area contributed by atoms with Crippen molar-refractivity contribution in [2.75, 3.05) is 18.4 Å². The highest BCUT2D eigenvalue weighted by molar-refractivity contribution is 7.89. The maximum Gasteiger partial charge on any atom is 0.271 e. The van der Waals surface area contributed by atoms with Gasteiger partial charge in [0.2, 0.25) is 15.9 Å². The zero-order valence-corrected chi connectivity index (χ0v) is 16.3. The van der Waals surface area contributed by atoms with Crippen LogP contribution in [0.2, 0.25) is 0 Å². The van der Waals surface area contributed by atoms with Crippen molar-refractivity contribution in [1.82, 2.24) is 8.87 Å². The number of anilines is 1. The summed E-state index contributed by atoms with van der Waals surface area (Å²) >= 11 is 0. The van der Waals surface area contributed by atoms with Gasteiger partial charge in [-0.25, -0.2) is 12.8 Å². The zero-order valence-electron chi connectivity index (χ0n) is 15.5. The second kappa shape index (κ2) is 8.24. The van der Waals surface area contributed by atoms with Crippen LogP contribution in [0.3, 0.4) is 0 Å². The molecule has 1 aliphatic rings. The van der Waals surface area contributed by atoms with Gasteiger partial charge >= 0.3 is 0 Å². The molecule has 1 amide bonds. The molecule has 0 saturated carbocycles. The van der Waals surface area contributed by atoms with Crippen molar-refractivity contribution < 1.29 is 17.6 Å². The third-order valence-electron chi connectivity index (χ3n) is 4.79. The van der Waals surface area contributed by atoms with Crippen molar-refractivity contribution >= 4 is 21.6 Å². The van der Waals surface area contributed by atoms with E-state index in [4.69, 9.17) is 0 Å². The molecule has 0 atom stereocenters. The van der Waals surface area contributed by atoms with E-state index in [2.05, 4.69) is 12.2 Å². The van der Waals surface area contributed by atoms with Gasteiger partial charge < -0.3 is 9.88 Å². The Morgan fingerprint density at radius 3 is 2.46 bits per heavy atom. The number of nitrogens with one attached hydrogen (secondary N) is 1. The van der Waals surface area contributed by atoms with Gasteiger partial charge in [-0.1, -0.05) is 6.92 Å². The molecule has 0 bridgehead atoms. The first kappa shape index (κ1) is 20.2. The summed E-state index contributed by atoms with van der Waals surface area (Å²) in [6, 6.07) is 7.90. The number of rotatable bonds is 5. The second-order valence-electron chi connectivity index (χ2n) is 6.95. The minimum Gasteiger partial charge on any atom is -0.325 e. The minimum atomic E-state index is -3.91. The fraction of sp³-hybridized carbons (Fsp3) is 0.368. The molecule has 0 unspecified atom stereocenters. The van der Waals surface area contributed by atoms with E-state index in [1.54, 1.807) is 0 Å². The van der Waals surface area contributed by atoms with E-state index in [0.717, 1.165) is 17.4 Å². The molecule has 1 fully saturated rings. The van der Waals surface area contributed by atoms with Crippen molar-refractivity contribution in [3.63, 3.8) is 0 Å². The molecule has 0 spiro atoms. The normalized spacial score (nSPS) is 16.1. The Morgan fingerprint density at radius 1 is 1.18 bits per heavy atom. The van der Waals surface area contributed by atoms with E-state index in [1.165, 1.54) is 46.9 Å². The molecule has 1 aromatic heterocycles. The Bertz CT molecular complexity index is 1010. The maximum atomic E-state index is 12.9. The lowest BCUT2D eigenvalue weighted by atomic mass is 10.0. The van der Waals surface area contributed by atoms with Gasteiger partial charge in [-0.05, 0) is 55.2 Å². The molecular weight excluding hydrogens is 385 g/mol. The second-order valence-corrected chi connectivity index (χ2v) is 8.85. The lowest BCUT2D eigenvalue weighted by Crippen LogP contribution is -2.41. The van der Waals surface area contributed by atoms with Gasteiger partial charge in [0.25, 0.3) is 5.56 Å². The number of sulfonamides is 1. The van der Waals surface area contributed by atoms with Gasteiger partial charge in [0.15, 0.2) is 0 Å². The third-order valence-corrected chi connectivity index (χ3v) is 6.70. The fourth-order valence-electron chi connectivity index (χ4n) is 3.09. The average molecular weight is 407 g/mol. The Hall–Kier alpha value is -2.52. The summed E-state index contributed by atoms with van der Waals surface area (Å²) in [4.78, 5) is 24.5. The van der Waals surface area contributed by atoms with Crippen LogP contribution in [-0.4, -0.2) is 36.3 Å². The Morgan fingerprint density at radius 2 is 1.82 bits per heavy atom. The van der Waals surface area contributed by atoms with Crippen molar-refractivity contribution in [2.45, 2.75) is 31.2 Å². The summed E-state index contributed by atoms with van der Waals surface area (Å²) in [5, 5.41) is 2.55. The van der Waals surface area contributed by atoms with Crippen molar-refractivity contribution in [2.24, 2.45) is 5.92 Å². The Balaban J connectivity index is 1.78. The minimum absolute atomic E-state index is 0.334. The number of halogens is 1. The van der Waals surface area contributed by atoms with Crippen LogP contribution < -0.4 is 10.9 Å². The highest BCUT2D eigenvalue weighted by Gasteiger charge is 2.30. The van der Waals surface area contributed by atoms with Crippen LogP contribution >= 0.6 is 0 Å². The monoisotopic (exact) mass is 407 g/mol. The first-order valence-corrected chi connectivity index (χ1v) is 10.5. The van der Waals surface area contributed by atoms with E-state index in [0.29, 0.717) is 24.7 Å². The molecule has 7 nitrogen and oxygen atoms in total. The number of hydrogen-bond donors (Lipinski definition) is 1. The van der Waals surface area contributed by atoms with Gasteiger partial charge in [-0.15, -0.1) is 0 Å². The highest BCUT2D eigenvalue weighted by atomic mass is 32.2. The number of nitrogens with zero attached hydrogens (tertiary/aromatic N) is 2. The van der Waals surface area contributed by atoms with E-state index in [1.807, 2.05) is 0 Å². The number of carbonyl (C=O) groups is 1. The topological polar surface area (TPSA) is 88.5 Å². The summed E-state index contributed by atoms with van der Waals surface area (Å²) in [6.45, 7) is 2.47. The van der Waals surface area contributed by atoms with Gasteiger partial charge in [0, 0.05) is 25.0 Å². The van der Waals surface area contributed by atoms with Gasteiger partial charge in [0.05, 0.1) is 0 Å². The van der Waals surface area contributed by atoms with Gasteiger partial charge in [-0.2, -0.15) is 4.31 Å². The molecule has 0 aliphatic carbocycles. The first-order valence-electron chi connectivity index (χ1n) is 9.02. The van der Waals surface area contributed by atoms with Crippen molar-refractivity contribution in [3.05, 3.63) is 58.8 Å². The van der Waals surface area contributed by atoms with E-state index in [-0.39, 0.29) is 11.4 Å². The van der Waals surface area contributed by atoms with E-state index < -0.39 is 27.3 Å². The maximum absolute atomic E-state index is 12.9. The smallest absolute Gasteiger partial charge is 0.271 e. The molecule has 1 aliphatic heterocycles. The van der Waals surface area contributed by atoms with E-state index in [9.17, 15) is 22.4 Å². The molecule has 1 aromatic carbocycles. The standard InChI is InChI=1S/C19H22FN3O4S/c1-14-8-11-23(12-9-14)28(26,27)17-3-2-10-22(19(17)25)13-18(24)21-16-6-4-15(20)5-7-16/h2-7,10,14H,8-9,11-13H2,1H3,(H,21,24). The predicted octanol–water partition coefficient (Wildman–Crippen LogP) is 2.05. The zero-order chi connectivity index (χ0) is 20.3. The molecular formula is C19H22FN3O4S. The summed E-state index contributed by atoms with van der Waals surface area (Å²) in [5.74, 6) is -0.497.